The van der Waals surface area contributed by atoms with Crippen LogP contribution in [0.5, 0.6) is 0 Å². The van der Waals surface area contributed by atoms with E-state index < -0.39 is 23.6 Å². The van der Waals surface area contributed by atoms with Crippen molar-refractivity contribution in [2.45, 2.75) is 19.9 Å². The smallest absolute Gasteiger partial charge is 0.256 e. The number of rotatable bonds is 5. The Labute approximate surface area is 168 Å². The first kappa shape index (κ1) is 23.8. The number of carbonyl (C=O) groups is 3. The third-order valence-electron chi connectivity index (χ3n) is 4.52. The minimum Gasteiger partial charge on any atom is -0.346 e. The van der Waals surface area contributed by atoms with Crippen molar-refractivity contribution in [1.82, 2.24) is 15.1 Å². The van der Waals surface area contributed by atoms with E-state index in [2.05, 4.69) is 5.32 Å². The molecule has 0 radical (unpaired) electrons. The van der Waals surface area contributed by atoms with Gasteiger partial charge in [-0.3, -0.25) is 14.4 Å². The van der Waals surface area contributed by atoms with Crippen molar-refractivity contribution >= 4 is 30.1 Å². The van der Waals surface area contributed by atoms with Crippen LogP contribution in [0.3, 0.4) is 0 Å². The van der Waals surface area contributed by atoms with Crippen molar-refractivity contribution in [1.29, 1.82) is 0 Å². The normalized spacial score (nSPS) is 15.1. The van der Waals surface area contributed by atoms with E-state index >= 15 is 0 Å². The third-order valence-corrected chi connectivity index (χ3v) is 4.52. The van der Waals surface area contributed by atoms with Crippen LogP contribution >= 0.6 is 12.4 Å². The van der Waals surface area contributed by atoms with E-state index in [1.54, 1.807) is 0 Å². The molecule has 0 saturated carbocycles. The van der Waals surface area contributed by atoms with Gasteiger partial charge in [-0.05, 0) is 18.1 Å². The van der Waals surface area contributed by atoms with Gasteiger partial charge in [0.15, 0.2) is 0 Å². The summed E-state index contributed by atoms with van der Waals surface area (Å²) in [5, 5.41) is 2.51. The predicted octanol–water partition coefficient (Wildman–Crippen LogP) is 0.770. The zero-order valence-electron chi connectivity index (χ0n) is 15.8. The summed E-state index contributed by atoms with van der Waals surface area (Å²) in [5.41, 5.74) is 5.52. The number of amides is 3. The number of hydrogen-bond donors (Lipinski definition) is 2. The molecule has 0 spiro atoms. The van der Waals surface area contributed by atoms with Gasteiger partial charge in [0.1, 0.15) is 11.6 Å². The molecule has 28 heavy (non-hydrogen) atoms. The number of hydrogen-bond acceptors (Lipinski definition) is 4. The van der Waals surface area contributed by atoms with Crippen LogP contribution < -0.4 is 11.1 Å². The molecule has 1 fully saturated rings. The minimum absolute atomic E-state index is 0. The lowest BCUT2D eigenvalue weighted by atomic mass is 10.1. The van der Waals surface area contributed by atoms with Crippen LogP contribution in [-0.4, -0.2) is 66.3 Å². The lowest BCUT2D eigenvalue weighted by molar-refractivity contribution is -0.134. The molecular weight excluding hydrogens is 394 g/mol. The number of halogens is 3. The summed E-state index contributed by atoms with van der Waals surface area (Å²) in [4.78, 5) is 39.3. The van der Waals surface area contributed by atoms with E-state index in [-0.39, 0.29) is 68.4 Å². The second-order valence-corrected chi connectivity index (χ2v) is 6.78. The summed E-state index contributed by atoms with van der Waals surface area (Å²) in [6.45, 7) is 4.43. The first-order valence-corrected chi connectivity index (χ1v) is 8.76. The summed E-state index contributed by atoms with van der Waals surface area (Å²) in [5.74, 6) is -2.92. The molecule has 1 aromatic carbocycles. The maximum absolute atomic E-state index is 13.8. The average Bonchev–Trinajstić information content (AvgIpc) is 2.64. The maximum Gasteiger partial charge on any atom is 0.256 e. The number of piperazine rings is 1. The van der Waals surface area contributed by atoms with Gasteiger partial charge in [-0.1, -0.05) is 13.8 Å². The molecule has 0 bridgehead atoms. The molecule has 2 rings (SSSR count). The van der Waals surface area contributed by atoms with E-state index in [0.29, 0.717) is 6.07 Å². The molecule has 3 amide bonds. The Morgan fingerprint density at radius 2 is 1.68 bits per heavy atom. The molecule has 0 aliphatic carbocycles. The van der Waals surface area contributed by atoms with Crippen LogP contribution in [0, 0.1) is 17.6 Å². The molecule has 1 atom stereocenters. The molecule has 1 aromatic rings. The Bertz CT molecular complexity index is 725. The molecule has 0 unspecified atom stereocenters. The molecule has 156 valence electrons. The van der Waals surface area contributed by atoms with Crippen molar-refractivity contribution in [3.05, 3.63) is 35.4 Å². The van der Waals surface area contributed by atoms with Gasteiger partial charge in [0, 0.05) is 32.2 Å². The number of nitrogens with zero attached hydrogens (tertiary/aromatic N) is 2. The quantitative estimate of drug-likeness (QED) is 0.738. The van der Waals surface area contributed by atoms with Crippen LogP contribution in [0.4, 0.5) is 8.78 Å². The number of carbonyl (C=O) groups excluding carboxylic acids is 3. The Morgan fingerprint density at radius 3 is 2.21 bits per heavy atom. The number of nitrogens with two attached hydrogens (primary N) is 1. The number of nitrogens with one attached hydrogen (secondary N) is 1. The van der Waals surface area contributed by atoms with E-state index in [1.807, 2.05) is 13.8 Å². The molecule has 7 nitrogen and oxygen atoms in total. The van der Waals surface area contributed by atoms with Crippen LogP contribution in [0.15, 0.2) is 18.2 Å². The summed E-state index contributed by atoms with van der Waals surface area (Å²) in [6, 6.07) is 2.12. The zero-order valence-corrected chi connectivity index (χ0v) is 16.6. The van der Waals surface area contributed by atoms with Gasteiger partial charge in [0.05, 0.1) is 18.2 Å². The Kier molecular flexibility index (Phi) is 8.77. The summed E-state index contributed by atoms with van der Waals surface area (Å²) < 4.78 is 26.7. The minimum atomic E-state index is -0.914. The van der Waals surface area contributed by atoms with E-state index in [9.17, 15) is 23.2 Å². The average molecular weight is 419 g/mol. The lowest BCUT2D eigenvalue weighted by Gasteiger charge is -2.35. The molecule has 1 aliphatic heterocycles. The first-order chi connectivity index (χ1) is 12.7. The highest BCUT2D eigenvalue weighted by Gasteiger charge is 2.27. The van der Waals surface area contributed by atoms with Crippen LogP contribution in [0.2, 0.25) is 0 Å². The maximum atomic E-state index is 13.8. The molecule has 0 aromatic heterocycles. The highest BCUT2D eigenvalue weighted by Crippen LogP contribution is 2.14. The van der Waals surface area contributed by atoms with Crippen molar-refractivity contribution in [3.63, 3.8) is 0 Å². The largest absolute Gasteiger partial charge is 0.346 e. The topological polar surface area (TPSA) is 95.7 Å². The van der Waals surface area contributed by atoms with Crippen LogP contribution in [0.25, 0.3) is 0 Å². The Balaban J connectivity index is 0.00000392. The Morgan fingerprint density at radius 1 is 1.11 bits per heavy atom. The summed E-state index contributed by atoms with van der Waals surface area (Å²) >= 11 is 0. The fourth-order valence-corrected chi connectivity index (χ4v) is 2.69. The lowest BCUT2D eigenvalue weighted by Crippen LogP contribution is -2.53. The van der Waals surface area contributed by atoms with Gasteiger partial charge in [-0.15, -0.1) is 12.4 Å². The fraction of sp³-hybridized carbons (Fsp3) is 0.500. The molecule has 1 heterocycles. The van der Waals surface area contributed by atoms with E-state index in [1.165, 1.54) is 9.80 Å². The molecule has 10 heteroatoms. The van der Waals surface area contributed by atoms with Crippen LogP contribution in [-0.2, 0) is 9.59 Å². The standard InChI is InChI=1S/C18H24F2N4O3.ClH/c1-11(2)16(21)17(26)22-10-15(25)23-5-7-24(8-6-23)18(27)13-4-3-12(19)9-14(13)20;/h3-4,9,11,16H,5-8,10,21H2,1-2H3,(H,22,26);1H/t16-;/m0./s1. The third kappa shape index (κ3) is 5.87. The Hall–Kier alpha value is -2.26. The predicted molar refractivity (Wildman–Crippen MR) is 102 cm³/mol. The SMILES string of the molecule is CC(C)[C@H](N)C(=O)NCC(=O)N1CCN(C(=O)c2ccc(F)cc2F)CC1.Cl. The molecule has 3 N–H and O–H groups in total. The zero-order chi connectivity index (χ0) is 20.1. The second kappa shape index (κ2) is 10.3. The van der Waals surface area contributed by atoms with Crippen molar-refractivity contribution in [2.24, 2.45) is 11.7 Å². The first-order valence-electron chi connectivity index (χ1n) is 8.76. The fourth-order valence-electron chi connectivity index (χ4n) is 2.69. The highest BCUT2D eigenvalue weighted by molar-refractivity contribution is 5.94. The highest BCUT2D eigenvalue weighted by atomic mass is 35.5. The van der Waals surface area contributed by atoms with Gasteiger partial charge in [-0.2, -0.15) is 0 Å². The molecule has 1 saturated heterocycles. The van der Waals surface area contributed by atoms with E-state index in [0.717, 1.165) is 12.1 Å². The van der Waals surface area contributed by atoms with E-state index in [4.69, 9.17) is 5.73 Å². The van der Waals surface area contributed by atoms with Gasteiger partial charge < -0.3 is 20.9 Å². The van der Waals surface area contributed by atoms with Gasteiger partial charge >= 0.3 is 0 Å². The van der Waals surface area contributed by atoms with Crippen LogP contribution in [0.1, 0.15) is 24.2 Å². The second-order valence-electron chi connectivity index (χ2n) is 6.78. The summed E-state index contributed by atoms with van der Waals surface area (Å²) in [7, 11) is 0. The molecular formula is C18H25ClF2N4O3. The van der Waals surface area contributed by atoms with Gasteiger partial charge in [-0.25, -0.2) is 8.78 Å². The van der Waals surface area contributed by atoms with Crippen molar-refractivity contribution < 1.29 is 23.2 Å². The number of benzene rings is 1. The summed E-state index contributed by atoms with van der Waals surface area (Å²) in [6.07, 6.45) is 0. The van der Waals surface area contributed by atoms with Gasteiger partial charge in [0.25, 0.3) is 5.91 Å². The molecule has 1 aliphatic rings. The monoisotopic (exact) mass is 418 g/mol. The van der Waals surface area contributed by atoms with Gasteiger partial charge in [0.2, 0.25) is 11.8 Å². The van der Waals surface area contributed by atoms with Crippen molar-refractivity contribution in [2.75, 3.05) is 32.7 Å². The van der Waals surface area contributed by atoms with Crippen molar-refractivity contribution in [3.8, 4) is 0 Å².